The van der Waals surface area contributed by atoms with Crippen LogP contribution in [0.2, 0.25) is 10.0 Å². The number of fused-ring (bicyclic) bond motifs is 2. The maximum Gasteiger partial charge on any atom is 0.239 e. The Labute approximate surface area is 138 Å². The summed E-state index contributed by atoms with van der Waals surface area (Å²) in [6.07, 6.45) is 0.952. The van der Waals surface area contributed by atoms with E-state index in [-0.39, 0.29) is 10.9 Å². The van der Waals surface area contributed by atoms with Crippen molar-refractivity contribution in [2.75, 3.05) is 5.32 Å². The van der Waals surface area contributed by atoms with E-state index in [1.54, 1.807) is 18.2 Å². The fourth-order valence-corrected chi connectivity index (χ4v) is 4.26. The Bertz CT molecular complexity index is 713. The Morgan fingerprint density at radius 3 is 2.55 bits per heavy atom. The Balaban J connectivity index is 2.00. The van der Waals surface area contributed by atoms with Gasteiger partial charge in [0.15, 0.2) is 0 Å². The smallest absolute Gasteiger partial charge is 0.239 e. The van der Waals surface area contributed by atoms with E-state index < -0.39 is 28.3 Å². The van der Waals surface area contributed by atoms with E-state index in [1.807, 2.05) is 13.8 Å². The number of anilines is 1. The van der Waals surface area contributed by atoms with Gasteiger partial charge in [0.1, 0.15) is 5.41 Å². The first-order chi connectivity index (χ1) is 10.2. The lowest BCUT2D eigenvalue weighted by Gasteiger charge is -2.33. The molecule has 2 fully saturated rings. The minimum Gasteiger partial charge on any atom is -0.324 e. The molecule has 0 saturated heterocycles. The summed E-state index contributed by atoms with van der Waals surface area (Å²) in [4.78, 5) is 37.4. The minimum absolute atomic E-state index is 0.220. The van der Waals surface area contributed by atoms with E-state index in [1.165, 1.54) is 0 Å². The van der Waals surface area contributed by atoms with Crippen LogP contribution in [-0.2, 0) is 14.4 Å². The van der Waals surface area contributed by atoms with Gasteiger partial charge in [-0.1, -0.05) is 43.1 Å². The molecule has 2 aliphatic carbocycles. The summed E-state index contributed by atoms with van der Waals surface area (Å²) in [5.41, 5.74) is -1.64. The van der Waals surface area contributed by atoms with E-state index in [9.17, 15) is 14.4 Å². The average Bonchev–Trinajstić information content (AvgIpc) is 2.80. The summed E-state index contributed by atoms with van der Waals surface area (Å²) in [5.74, 6) is -1.85. The number of nitrogens with one attached hydrogen (secondary N) is 1. The Hall–Kier alpha value is -1.39. The summed E-state index contributed by atoms with van der Waals surface area (Å²) in [6, 6.07) is 4.88. The molecule has 1 amide bonds. The number of ketones is 2. The Kier molecular flexibility index (Phi) is 3.38. The Morgan fingerprint density at radius 2 is 1.95 bits per heavy atom. The van der Waals surface area contributed by atoms with Crippen molar-refractivity contribution in [1.82, 2.24) is 0 Å². The number of rotatable bonds is 2. The van der Waals surface area contributed by atoms with E-state index in [0.29, 0.717) is 23.6 Å². The van der Waals surface area contributed by atoms with Gasteiger partial charge in [-0.05, 0) is 30.4 Å². The second-order valence-electron chi connectivity index (χ2n) is 6.47. The quantitative estimate of drug-likeness (QED) is 0.662. The number of amides is 1. The lowest BCUT2D eigenvalue weighted by atomic mass is 9.68. The van der Waals surface area contributed by atoms with Crippen molar-refractivity contribution in [3.8, 4) is 0 Å². The van der Waals surface area contributed by atoms with Crippen molar-refractivity contribution in [2.45, 2.75) is 26.7 Å². The number of benzene rings is 1. The highest BCUT2D eigenvalue weighted by atomic mass is 35.5. The van der Waals surface area contributed by atoms with Gasteiger partial charge in [0, 0.05) is 5.92 Å². The summed E-state index contributed by atoms with van der Waals surface area (Å²) in [7, 11) is 0. The molecule has 6 heteroatoms. The second kappa shape index (κ2) is 4.80. The minimum atomic E-state index is -1.31. The SMILES string of the molecule is CC1(C)C2CCC1(C(=O)Nc1cccc(Cl)c1Cl)C(=O)C2=O. The fraction of sp³-hybridized carbons (Fsp3) is 0.438. The molecule has 22 heavy (non-hydrogen) atoms. The molecule has 2 bridgehead atoms. The van der Waals surface area contributed by atoms with Crippen molar-refractivity contribution in [3.63, 3.8) is 0 Å². The van der Waals surface area contributed by atoms with Gasteiger partial charge in [-0.25, -0.2) is 0 Å². The van der Waals surface area contributed by atoms with E-state index in [4.69, 9.17) is 23.2 Å². The van der Waals surface area contributed by atoms with Crippen molar-refractivity contribution in [3.05, 3.63) is 28.2 Å². The predicted molar refractivity (Wildman–Crippen MR) is 84.0 cm³/mol. The van der Waals surface area contributed by atoms with Crippen LogP contribution < -0.4 is 5.32 Å². The van der Waals surface area contributed by atoms with Crippen LogP contribution in [0.5, 0.6) is 0 Å². The number of carbonyl (C=O) groups excluding carboxylic acids is 3. The van der Waals surface area contributed by atoms with Gasteiger partial charge in [-0.3, -0.25) is 14.4 Å². The molecule has 2 unspecified atom stereocenters. The molecule has 1 aromatic carbocycles. The van der Waals surface area contributed by atoms with Crippen LogP contribution in [0.3, 0.4) is 0 Å². The Morgan fingerprint density at radius 1 is 1.27 bits per heavy atom. The molecule has 2 atom stereocenters. The molecular formula is C16H15Cl2NO3. The number of carbonyl (C=O) groups is 3. The van der Waals surface area contributed by atoms with Crippen LogP contribution in [-0.4, -0.2) is 17.5 Å². The number of hydrogen-bond donors (Lipinski definition) is 1. The molecule has 0 radical (unpaired) electrons. The third kappa shape index (κ3) is 1.74. The van der Waals surface area contributed by atoms with Crippen LogP contribution >= 0.6 is 23.2 Å². The van der Waals surface area contributed by atoms with Crippen LogP contribution in [0.25, 0.3) is 0 Å². The van der Waals surface area contributed by atoms with E-state index >= 15 is 0 Å². The monoisotopic (exact) mass is 339 g/mol. The van der Waals surface area contributed by atoms with Gasteiger partial charge in [0.25, 0.3) is 0 Å². The second-order valence-corrected chi connectivity index (χ2v) is 7.25. The zero-order valence-electron chi connectivity index (χ0n) is 12.2. The van der Waals surface area contributed by atoms with Crippen LogP contribution in [0.4, 0.5) is 5.69 Å². The zero-order chi connectivity index (χ0) is 16.3. The van der Waals surface area contributed by atoms with E-state index in [0.717, 1.165) is 0 Å². The van der Waals surface area contributed by atoms with Gasteiger partial charge in [0.2, 0.25) is 17.5 Å². The largest absolute Gasteiger partial charge is 0.324 e. The summed E-state index contributed by atoms with van der Waals surface area (Å²) in [5, 5.41) is 3.22. The number of hydrogen-bond acceptors (Lipinski definition) is 3. The predicted octanol–water partition coefficient (Wildman–Crippen LogP) is 3.51. The fourth-order valence-electron chi connectivity index (χ4n) is 3.91. The first kappa shape index (κ1) is 15.5. The molecule has 0 spiro atoms. The molecule has 2 saturated carbocycles. The summed E-state index contributed by atoms with van der Waals surface area (Å²) in [6.45, 7) is 3.62. The van der Waals surface area contributed by atoms with Crippen LogP contribution in [0.1, 0.15) is 26.7 Å². The molecule has 2 aliphatic rings. The maximum absolute atomic E-state index is 12.8. The summed E-state index contributed by atoms with van der Waals surface area (Å²) < 4.78 is 0. The molecule has 116 valence electrons. The molecule has 0 aromatic heterocycles. The zero-order valence-corrected chi connectivity index (χ0v) is 13.7. The van der Waals surface area contributed by atoms with Crippen LogP contribution in [0.15, 0.2) is 18.2 Å². The third-order valence-electron chi connectivity index (χ3n) is 5.29. The number of Topliss-reactive ketones (excluding diaryl/α,β-unsaturated/α-hetero) is 2. The topological polar surface area (TPSA) is 63.2 Å². The average molecular weight is 340 g/mol. The van der Waals surface area contributed by atoms with E-state index in [2.05, 4.69) is 5.32 Å². The van der Waals surface area contributed by atoms with Crippen molar-refractivity contribution >= 4 is 46.4 Å². The van der Waals surface area contributed by atoms with Crippen molar-refractivity contribution < 1.29 is 14.4 Å². The number of halogens is 2. The highest BCUT2D eigenvalue weighted by Crippen LogP contribution is 2.62. The summed E-state index contributed by atoms with van der Waals surface area (Å²) >= 11 is 12.0. The highest BCUT2D eigenvalue weighted by Gasteiger charge is 2.72. The first-order valence-corrected chi connectivity index (χ1v) is 7.83. The molecular weight excluding hydrogens is 325 g/mol. The molecule has 3 rings (SSSR count). The normalized spacial score (nSPS) is 29.0. The van der Waals surface area contributed by atoms with Gasteiger partial charge >= 0.3 is 0 Å². The van der Waals surface area contributed by atoms with Crippen molar-refractivity contribution in [2.24, 2.45) is 16.7 Å². The lowest BCUT2D eigenvalue weighted by Crippen LogP contribution is -2.47. The first-order valence-electron chi connectivity index (χ1n) is 7.07. The van der Waals surface area contributed by atoms with Crippen LogP contribution in [0, 0.1) is 16.7 Å². The van der Waals surface area contributed by atoms with Gasteiger partial charge in [-0.2, -0.15) is 0 Å². The van der Waals surface area contributed by atoms with Gasteiger partial charge in [-0.15, -0.1) is 0 Å². The molecule has 1 N–H and O–H groups in total. The molecule has 0 heterocycles. The third-order valence-corrected chi connectivity index (χ3v) is 6.11. The lowest BCUT2D eigenvalue weighted by molar-refractivity contribution is -0.147. The molecule has 0 aliphatic heterocycles. The molecule has 4 nitrogen and oxygen atoms in total. The van der Waals surface area contributed by atoms with Gasteiger partial charge < -0.3 is 5.32 Å². The van der Waals surface area contributed by atoms with Crippen molar-refractivity contribution in [1.29, 1.82) is 0 Å². The maximum atomic E-state index is 12.8. The van der Waals surface area contributed by atoms with Gasteiger partial charge in [0.05, 0.1) is 15.7 Å². The highest BCUT2D eigenvalue weighted by molar-refractivity contribution is 6.48. The molecule has 1 aromatic rings. The standard InChI is InChI=1S/C16H15Cl2NO3/c1-15(2)8-6-7-16(15,13(21)12(8)20)14(22)19-10-5-3-4-9(17)11(10)18/h3-5,8H,6-7H2,1-2H3,(H,19,22).